The van der Waals surface area contributed by atoms with Gasteiger partial charge in [0.25, 0.3) is 5.56 Å². The smallest absolute Gasteiger partial charge is 0.322 e. The van der Waals surface area contributed by atoms with Crippen molar-refractivity contribution in [2.45, 2.75) is 19.8 Å². The number of nitrogens with two attached hydrogens (primary N) is 1. The minimum Gasteiger partial charge on any atom is -0.322 e. The third-order valence-electron chi connectivity index (χ3n) is 4.03. The lowest BCUT2D eigenvalue weighted by atomic mass is 10.0. The van der Waals surface area contributed by atoms with Crippen LogP contribution in [0.15, 0.2) is 59.5 Å². The van der Waals surface area contributed by atoms with Crippen molar-refractivity contribution in [3.63, 3.8) is 0 Å². The number of halogens is 6. The number of nitrogens with zero attached hydrogens (tertiary/aromatic N) is 2. The van der Waals surface area contributed by atoms with Crippen molar-refractivity contribution in [2.24, 2.45) is 5.84 Å². The molecule has 160 valence electrons. The summed E-state index contributed by atoms with van der Waals surface area (Å²) in [6.07, 6.45) is -8.26. The van der Waals surface area contributed by atoms with Gasteiger partial charge in [-0.3, -0.25) is 10.6 Å². The lowest BCUT2D eigenvalue weighted by Gasteiger charge is -2.14. The predicted octanol–water partition coefficient (Wildman–Crippen LogP) is 4.86. The van der Waals surface area contributed by atoms with Crippen molar-refractivity contribution >= 4 is 5.69 Å². The molecule has 11 heteroatoms. The van der Waals surface area contributed by atoms with E-state index in [1.54, 1.807) is 0 Å². The average molecular weight is 430 g/mol. The van der Waals surface area contributed by atoms with E-state index >= 15 is 0 Å². The van der Waals surface area contributed by atoms with Gasteiger partial charge < -0.3 is 5.43 Å². The molecular formula is C19H16F6N4O. The fraction of sp³-hybridized carbons (Fsp3) is 0.158. The van der Waals surface area contributed by atoms with E-state index in [4.69, 9.17) is 5.84 Å². The van der Waals surface area contributed by atoms with Crippen LogP contribution in [-0.4, -0.2) is 9.78 Å². The number of hydrogen-bond donors (Lipinski definition) is 2. The molecule has 0 radical (unpaired) electrons. The molecular weight excluding hydrogens is 414 g/mol. The van der Waals surface area contributed by atoms with E-state index in [1.165, 1.54) is 12.1 Å². The molecule has 0 amide bonds. The summed E-state index contributed by atoms with van der Waals surface area (Å²) in [5.74, 6) is 5.34. The molecule has 0 unspecified atom stereocenters. The lowest BCUT2D eigenvalue weighted by Crippen LogP contribution is -2.25. The summed E-state index contributed by atoms with van der Waals surface area (Å²) in [4.78, 5) is 12.9. The van der Waals surface area contributed by atoms with Crippen LogP contribution < -0.4 is 16.8 Å². The number of hydrazine groups is 1. The van der Waals surface area contributed by atoms with E-state index in [0.29, 0.717) is 10.7 Å². The molecule has 0 aliphatic rings. The normalized spacial score (nSPS) is 11.7. The summed E-state index contributed by atoms with van der Waals surface area (Å²) in [5.41, 5.74) is -1.47. The minimum absolute atomic E-state index is 0. The number of anilines is 1. The van der Waals surface area contributed by atoms with Gasteiger partial charge in [-0.15, -0.1) is 0 Å². The van der Waals surface area contributed by atoms with Crippen molar-refractivity contribution in [2.75, 3.05) is 5.43 Å². The van der Waals surface area contributed by atoms with Crippen LogP contribution in [-0.2, 0) is 12.4 Å². The molecule has 1 heterocycles. The van der Waals surface area contributed by atoms with E-state index in [2.05, 4.69) is 10.5 Å². The van der Waals surface area contributed by atoms with Gasteiger partial charge in [-0.05, 0) is 35.9 Å². The van der Waals surface area contributed by atoms with Gasteiger partial charge in [-0.25, -0.2) is 0 Å². The molecule has 0 saturated carbocycles. The van der Waals surface area contributed by atoms with Crippen LogP contribution in [0, 0.1) is 0 Å². The second-order valence-corrected chi connectivity index (χ2v) is 5.92. The number of nitrogen functional groups attached to an aromatic ring is 1. The van der Waals surface area contributed by atoms with Gasteiger partial charge in [0.1, 0.15) is 0 Å². The van der Waals surface area contributed by atoms with Crippen molar-refractivity contribution < 1.29 is 26.3 Å². The number of hydrogen-bond acceptors (Lipinski definition) is 4. The van der Waals surface area contributed by atoms with Gasteiger partial charge in [0.05, 0.1) is 34.3 Å². The Bertz CT molecular complexity index is 1110. The number of benzene rings is 2. The summed E-state index contributed by atoms with van der Waals surface area (Å²) >= 11 is 0. The third-order valence-corrected chi connectivity index (χ3v) is 4.03. The maximum absolute atomic E-state index is 13.0. The monoisotopic (exact) mass is 430 g/mol. The molecule has 0 aliphatic heterocycles. The topological polar surface area (TPSA) is 72.9 Å². The number of alkyl halides is 6. The summed E-state index contributed by atoms with van der Waals surface area (Å²) in [6.45, 7) is 0. The Morgan fingerprint density at radius 3 is 2.03 bits per heavy atom. The van der Waals surface area contributed by atoms with Gasteiger partial charge in [-0.1, -0.05) is 25.6 Å². The van der Waals surface area contributed by atoms with Crippen molar-refractivity contribution in [3.8, 4) is 16.8 Å². The zero-order valence-corrected chi connectivity index (χ0v) is 14.3. The van der Waals surface area contributed by atoms with E-state index in [-0.39, 0.29) is 29.9 Å². The highest BCUT2D eigenvalue weighted by atomic mass is 19.4. The summed E-state index contributed by atoms with van der Waals surface area (Å²) in [5, 5.41) is 3.77. The van der Waals surface area contributed by atoms with Crippen LogP contribution in [0.25, 0.3) is 16.8 Å². The van der Waals surface area contributed by atoms with Crippen LogP contribution in [0.1, 0.15) is 18.6 Å². The van der Waals surface area contributed by atoms with Crippen LogP contribution >= 0.6 is 0 Å². The van der Waals surface area contributed by atoms with Gasteiger partial charge in [0, 0.05) is 0 Å². The molecule has 0 bridgehead atoms. The molecule has 0 spiro atoms. The fourth-order valence-electron chi connectivity index (χ4n) is 2.69. The van der Waals surface area contributed by atoms with Crippen molar-refractivity contribution in [1.82, 2.24) is 9.78 Å². The van der Waals surface area contributed by atoms with Crippen molar-refractivity contribution in [3.05, 3.63) is 76.2 Å². The van der Waals surface area contributed by atoms with E-state index < -0.39 is 29.0 Å². The maximum Gasteiger partial charge on any atom is 0.416 e. The first-order valence-electron chi connectivity index (χ1n) is 7.96. The number of rotatable bonds is 3. The Kier molecular flexibility index (Phi) is 6.26. The third kappa shape index (κ3) is 4.46. The first kappa shape index (κ1) is 22.9. The quantitative estimate of drug-likeness (QED) is 0.354. The Hall–Kier alpha value is -3.34. The molecule has 0 aliphatic carbocycles. The molecule has 0 fully saturated rings. The van der Waals surface area contributed by atoms with Crippen LogP contribution in [0.4, 0.5) is 32.0 Å². The molecule has 1 aromatic heterocycles. The number of nitrogens with one attached hydrogen (secondary N) is 1. The van der Waals surface area contributed by atoms with E-state index in [9.17, 15) is 31.1 Å². The SMILES string of the molecule is C.NNc1cnn(-c2cccc(C(F)(F)F)c2)c(=O)c1-c1cccc(C(F)(F)F)c1. The van der Waals surface area contributed by atoms with Crippen LogP contribution in [0.3, 0.4) is 0 Å². The van der Waals surface area contributed by atoms with Gasteiger partial charge in [-0.2, -0.15) is 36.1 Å². The highest BCUT2D eigenvalue weighted by Gasteiger charge is 2.32. The summed E-state index contributed by atoms with van der Waals surface area (Å²) < 4.78 is 78.6. The largest absolute Gasteiger partial charge is 0.416 e. The van der Waals surface area contributed by atoms with Crippen molar-refractivity contribution in [1.29, 1.82) is 0 Å². The molecule has 3 rings (SSSR count). The van der Waals surface area contributed by atoms with Gasteiger partial charge in [0.2, 0.25) is 0 Å². The van der Waals surface area contributed by atoms with Crippen LogP contribution in [0.2, 0.25) is 0 Å². The Morgan fingerprint density at radius 2 is 1.47 bits per heavy atom. The second-order valence-electron chi connectivity index (χ2n) is 5.92. The molecule has 5 nitrogen and oxygen atoms in total. The fourth-order valence-corrected chi connectivity index (χ4v) is 2.69. The van der Waals surface area contributed by atoms with E-state index in [1.807, 2.05) is 0 Å². The Labute approximate surface area is 166 Å². The summed E-state index contributed by atoms with van der Waals surface area (Å²) in [7, 11) is 0. The molecule has 0 saturated heterocycles. The molecule has 3 N–H and O–H groups in total. The highest BCUT2D eigenvalue weighted by molar-refractivity contribution is 5.76. The zero-order chi connectivity index (χ0) is 21.4. The van der Waals surface area contributed by atoms with Gasteiger partial charge in [0.15, 0.2) is 0 Å². The molecule has 2 aromatic carbocycles. The van der Waals surface area contributed by atoms with Gasteiger partial charge >= 0.3 is 12.4 Å². The predicted molar refractivity (Wildman–Crippen MR) is 99.8 cm³/mol. The minimum atomic E-state index is -4.65. The standard InChI is InChI=1S/C18H12F6N4O.CH4/c19-17(20,21)11-4-1-3-10(7-11)15-14(27-25)9-26-28(16(15)29)13-6-2-5-12(8-13)18(22,23)24;/h1-9,27H,25H2;1H4. The molecule has 0 atom stereocenters. The molecule has 3 aromatic rings. The Balaban J connectivity index is 0.00000320. The number of aromatic nitrogens is 2. The first-order chi connectivity index (χ1) is 13.5. The lowest BCUT2D eigenvalue weighted by molar-refractivity contribution is -0.138. The highest BCUT2D eigenvalue weighted by Crippen LogP contribution is 2.33. The zero-order valence-electron chi connectivity index (χ0n) is 14.3. The Morgan fingerprint density at radius 1 is 0.900 bits per heavy atom. The second kappa shape index (κ2) is 8.19. The van der Waals surface area contributed by atoms with E-state index in [0.717, 1.165) is 36.5 Å². The average Bonchev–Trinajstić information content (AvgIpc) is 2.66. The molecule has 30 heavy (non-hydrogen) atoms. The maximum atomic E-state index is 13.0. The summed E-state index contributed by atoms with van der Waals surface area (Å²) in [6, 6.07) is 7.76. The van der Waals surface area contributed by atoms with Crippen LogP contribution in [0.5, 0.6) is 0 Å². The first-order valence-corrected chi connectivity index (χ1v) is 7.96.